The van der Waals surface area contributed by atoms with Gasteiger partial charge in [-0.1, -0.05) is 19.9 Å². The van der Waals surface area contributed by atoms with Crippen LogP contribution >= 0.6 is 0 Å². The third-order valence-electron chi connectivity index (χ3n) is 2.31. The summed E-state index contributed by atoms with van der Waals surface area (Å²) >= 11 is 0. The SMILES string of the molecule is C[C](C)Cc1cncc(-c2ccccn2)c1. The van der Waals surface area contributed by atoms with Gasteiger partial charge in [0.05, 0.1) is 5.69 Å². The second-order valence-corrected chi connectivity index (χ2v) is 4.18. The largest absolute Gasteiger partial charge is 0.264 e. The van der Waals surface area contributed by atoms with E-state index < -0.39 is 0 Å². The van der Waals surface area contributed by atoms with Crippen LogP contribution in [0.1, 0.15) is 19.4 Å². The van der Waals surface area contributed by atoms with Crippen LogP contribution in [0.3, 0.4) is 0 Å². The Morgan fingerprint density at radius 1 is 1.19 bits per heavy atom. The van der Waals surface area contributed by atoms with Gasteiger partial charge in [-0.2, -0.15) is 0 Å². The zero-order valence-corrected chi connectivity index (χ0v) is 9.64. The van der Waals surface area contributed by atoms with Crippen molar-refractivity contribution in [1.29, 1.82) is 0 Å². The van der Waals surface area contributed by atoms with E-state index in [0.29, 0.717) is 0 Å². The Balaban J connectivity index is 2.29. The van der Waals surface area contributed by atoms with Crippen LogP contribution in [0.4, 0.5) is 0 Å². The highest BCUT2D eigenvalue weighted by atomic mass is 14.7. The Labute approximate surface area is 96.4 Å². The summed E-state index contributed by atoms with van der Waals surface area (Å²) in [6.07, 6.45) is 6.56. The average molecular weight is 211 g/mol. The molecule has 0 aromatic carbocycles. The zero-order valence-electron chi connectivity index (χ0n) is 9.64. The molecule has 0 aliphatic heterocycles. The zero-order chi connectivity index (χ0) is 11.4. The van der Waals surface area contributed by atoms with Gasteiger partial charge in [0, 0.05) is 24.2 Å². The molecule has 0 unspecified atom stereocenters. The van der Waals surface area contributed by atoms with Crippen LogP contribution < -0.4 is 0 Å². The Morgan fingerprint density at radius 2 is 2.06 bits per heavy atom. The van der Waals surface area contributed by atoms with Crippen LogP contribution in [-0.4, -0.2) is 9.97 Å². The molecule has 0 N–H and O–H groups in total. The summed E-state index contributed by atoms with van der Waals surface area (Å²) in [5.41, 5.74) is 3.30. The third-order valence-corrected chi connectivity index (χ3v) is 2.31. The van der Waals surface area contributed by atoms with E-state index in [-0.39, 0.29) is 0 Å². The molecule has 0 saturated heterocycles. The molecular weight excluding hydrogens is 196 g/mol. The van der Waals surface area contributed by atoms with Crippen molar-refractivity contribution < 1.29 is 0 Å². The minimum absolute atomic E-state index is 0.977. The summed E-state index contributed by atoms with van der Waals surface area (Å²) in [5, 5.41) is 0. The summed E-state index contributed by atoms with van der Waals surface area (Å²) < 4.78 is 0. The molecule has 16 heavy (non-hydrogen) atoms. The first-order valence-corrected chi connectivity index (χ1v) is 5.40. The molecule has 0 atom stereocenters. The van der Waals surface area contributed by atoms with Crippen molar-refractivity contribution in [1.82, 2.24) is 9.97 Å². The third kappa shape index (κ3) is 2.66. The fourth-order valence-corrected chi connectivity index (χ4v) is 1.67. The maximum Gasteiger partial charge on any atom is 0.0717 e. The van der Waals surface area contributed by atoms with E-state index in [1.165, 1.54) is 11.5 Å². The number of rotatable bonds is 3. The fourth-order valence-electron chi connectivity index (χ4n) is 1.67. The van der Waals surface area contributed by atoms with Gasteiger partial charge in [0.25, 0.3) is 0 Å². The number of aromatic nitrogens is 2. The van der Waals surface area contributed by atoms with E-state index >= 15 is 0 Å². The molecule has 2 aromatic rings. The Bertz CT molecular complexity index is 449. The van der Waals surface area contributed by atoms with Crippen molar-refractivity contribution in [2.45, 2.75) is 20.3 Å². The second-order valence-electron chi connectivity index (χ2n) is 4.18. The predicted octanol–water partition coefficient (Wildman–Crippen LogP) is 3.30. The minimum Gasteiger partial charge on any atom is -0.264 e. The molecule has 2 heterocycles. The van der Waals surface area contributed by atoms with Crippen LogP contribution in [0.2, 0.25) is 0 Å². The molecule has 2 nitrogen and oxygen atoms in total. The lowest BCUT2D eigenvalue weighted by atomic mass is 10.0. The van der Waals surface area contributed by atoms with E-state index in [0.717, 1.165) is 17.7 Å². The van der Waals surface area contributed by atoms with Crippen molar-refractivity contribution in [3.05, 3.63) is 54.3 Å². The van der Waals surface area contributed by atoms with Crippen molar-refractivity contribution in [3.8, 4) is 11.3 Å². The van der Waals surface area contributed by atoms with Gasteiger partial charge in [0.2, 0.25) is 0 Å². The lowest BCUT2D eigenvalue weighted by molar-refractivity contribution is 0.948. The highest BCUT2D eigenvalue weighted by Gasteiger charge is 2.02. The van der Waals surface area contributed by atoms with Crippen molar-refractivity contribution >= 4 is 0 Å². The Kier molecular flexibility index (Phi) is 3.30. The molecule has 0 saturated carbocycles. The molecule has 0 bridgehead atoms. The van der Waals surface area contributed by atoms with Gasteiger partial charge in [-0.25, -0.2) is 0 Å². The standard InChI is InChI=1S/C14H15N2/c1-11(2)7-12-8-13(10-15-9-12)14-5-3-4-6-16-14/h3-6,8-10H,7H2,1-2H3. The van der Waals surface area contributed by atoms with Crippen LogP contribution in [-0.2, 0) is 6.42 Å². The van der Waals surface area contributed by atoms with Crippen LogP contribution in [0.5, 0.6) is 0 Å². The van der Waals surface area contributed by atoms with Gasteiger partial charge in [-0.3, -0.25) is 9.97 Å². The minimum atomic E-state index is 0.977. The Morgan fingerprint density at radius 3 is 2.75 bits per heavy atom. The average Bonchev–Trinajstić information content (AvgIpc) is 2.30. The molecule has 0 aliphatic carbocycles. The molecule has 0 aliphatic rings. The molecule has 2 rings (SSSR count). The van der Waals surface area contributed by atoms with E-state index in [4.69, 9.17) is 0 Å². The first-order valence-electron chi connectivity index (χ1n) is 5.40. The summed E-state index contributed by atoms with van der Waals surface area (Å²) in [6.45, 7) is 4.26. The lowest BCUT2D eigenvalue weighted by Gasteiger charge is -2.06. The molecule has 2 aromatic heterocycles. The maximum absolute atomic E-state index is 4.32. The van der Waals surface area contributed by atoms with E-state index in [1.54, 1.807) is 6.20 Å². The lowest BCUT2D eigenvalue weighted by Crippen LogP contribution is -1.94. The van der Waals surface area contributed by atoms with E-state index in [2.05, 4.69) is 29.9 Å². The number of pyridine rings is 2. The van der Waals surface area contributed by atoms with Gasteiger partial charge >= 0.3 is 0 Å². The van der Waals surface area contributed by atoms with Crippen molar-refractivity contribution in [2.24, 2.45) is 0 Å². The molecule has 2 heteroatoms. The van der Waals surface area contributed by atoms with Crippen LogP contribution in [0.25, 0.3) is 11.3 Å². The number of hydrogen-bond donors (Lipinski definition) is 0. The summed E-state index contributed by atoms with van der Waals surface area (Å²) in [6, 6.07) is 8.07. The molecule has 1 radical (unpaired) electrons. The monoisotopic (exact) mass is 211 g/mol. The number of hydrogen-bond acceptors (Lipinski definition) is 2. The van der Waals surface area contributed by atoms with Crippen LogP contribution in [0.15, 0.2) is 42.9 Å². The summed E-state index contributed by atoms with van der Waals surface area (Å²) in [5.74, 6) is 1.39. The van der Waals surface area contributed by atoms with Gasteiger partial charge < -0.3 is 0 Å². The molecule has 0 amide bonds. The first-order chi connectivity index (χ1) is 7.75. The highest BCUT2D eigenvalue weighted by Crippen LogP contribution is 2.18. The normalized spacial score (nSPS) is 10.7. The van der Waals surface area contributed by atoms with Gasteiger partial charge in [-0.15, -0.1) is 0 Å². The molecule has 0 fully saturated rings. The van der Waals surface area contributed by atoms with Gasteiger partial charge in [-0.05, 0) is 36.1 Å². The highest BCUT2D eigenvalue weighted by molar-refractivity contribution is 5.58. The molecule has 81 valence electrons. The summed E-state index contributed by atoms with van der Waals surface area (Å²) in [4.78, 5) is 8.58. The smallest absolute Gasteiger partial charge is 0.0717 e. The van der Waals surface area contributed by atoms with Crippen molar-refractivity contribution in [2.75, 3.05) is 0 Å². The van der Waals surface area contributed by atoms with E-state index in [1.807, 2.05) is 30.6 Å². The van der Waals surface area contributed by atoms with Crippen molar-refractivity contribution in [3.63, 3.8) is 0 Å². The quantitative estimate of drug-likeness (QED) is 0.778. The fraction of sp³-hybridized carbons (Fsp3) is 0.214. The van der Waals surface area contributed by atoms with Gasteiger partial charge in [0.1, 0.15) is 0 Å². The maximum atomic E-state index is 4.32. The van der Waals surface area contributed by atoms with Crippen LogP contribution in [0, 0.1) is 5.92 Å². The first kappa shape index (κ1) is 10.8. The van der Waals surface area contributed by atoms with E-state index in [9.17, 15) is 0 Å². The Hall–Kier alpha value is -1.70. The summed E-state index contributed by atoms with van der Waals surface area (Å²) in [7, 11) is 0. The molecule has 0 spiro atoms. The van der Waals surface area contributed by atoms with Gasteiger partial charge in [0.15, 0.2) is 0 Å². The second kappa shape index (κ2) is 4.88. The predicted molar refractivity (Wildman–Crippen MR) is 65.8 cm³/mol. The molecular formula is C14H15N2. The topological polar surface area (TPSA) is 25.8 Å². The number of nitrogens with zero attached hydrogens (tertiary/aromatic N) is 2.